The van der Waals surface area contributed by atoms with Crippen LogP contribution in [0.3, 0.4) is 0 Å². The second-order valence-corrected chi connectivity index (χ2v) is 8.20. The van der Waals surface area contributed by atoms with Gasteiger partial charge in [0.05, 0.1) is 12.1 Å². The van der Waals surface area contributed by atoms with Gasteiger partial charge in [-0.3, -0.25) is 19.5 Å². The lowest BCUT2D eigenvalue weighted by atomic mass is 10.0. The molecule has 4 rings (SSSR count). The van der Waals surface area contributed by atoms with E-state index in [4.69, 9.17) is 5.26 Å². The molecule has 8 heteroatoms. The highest BCUT2D eigenvalue weighted by Gasteiger charge is 2.36. The topological polar surface area (TPSA) is 106 Å². The largest absolute Gasteiger partial charge is 0.503 e. The SMILES string of the molecule is Cc1ccc(-c2ccc(N3C(=O)C(O)=CC3c3cccnc3C(=O)NCC#N)cc2)s1. The molecule has 3 heterocycles. The van der Waals surface area contributed by atoms with E-state index in [1.807, 2.05) is 43.3 Å². The van der Waals surface area contributed by atoms with Crippen LogP contribution in [0.4, 0.5) is 5.69 Å². The van der Waals surface area contributed by atoms with Crippen molar-refractivity contribution in [2.24, 2.45) is 0 Å². The first-order valence-electron chi connectivity index (χ1n) is 9.51. The standard InChI is InChI=1S/C23H18N4O3S/c1-14-4-9-20(31-14)15-5-7-16(8-6-15)27-18(13-19(28)23(27)30)17-3-2-11-25-21(17)22(29)26-12-10-24/h2-9,11,13,18,28H,12H2,1H3,(H,26,29). The zero-order chi connectivity index (χ0) is 22.0. The molecule has 7 nitrogen and oxygen atoms in total. The van der Waals surface area contributed by atoms with Gasteiger partial charge in [-0.25, -0.2) is 0 Å². The van der Waals surface area contributed by atoms with Gasteiger partial charge in [-0.05, 0) is 48.9 Å². The third-order valence-corrected chi connectivity index (χ3v) is 5.95. The minimum Gasteiger partial charge on any atom is -0.503 e. The first kappa shape index (κ1) is 20.3. The normalized spacial score (nSPS) is 15.5. The Kier molecular flexibility index (Phi) is 5.52. The van der Waals surface area contributed by atoms with Crippen LogP contribution in [-0.2, 0) is 4.79 Å². The Morgan fingerprint density at radius 1 is 1.26 bits per heavy atom. The van der Waals surface area contributed by atoms with Crippen molar-refractivity contribution in [1.82, 2.24) is 10.3 Å². The number of pyridine rings is 1. The van der Waals surface area contributed by atoms with Crippen LogP contribution in [0.2, 0.25) is 0 Å². The first-order valence-corrected chi connectivity index (χ1v) is 10.3. The molecule has 2 N–H and O–H groups in total. The number of benzene rings is 1. The lowest BCUT2D eigenvalue weighted by Crippen LogP contribution is -2.32. The number of nitriles is 1. The van der Waals surface area contributed by atoms with Gasteiger partial charge < -0.3 is 10.4 Å². The Labute approximate surface area is 182 Å². The summed E-state index contributed by atoms with van der Waals surface area (Å²) in [6.07, 6.45) is 2.87. The summed E-state index contributed by atoms with van der Waals surface area (Å²) in [6, 6.07) is 16.0. The quantitative estimate of drug-likeness (QED) is 0.597. The van der Waals surface area contributed by atoms with Crippen molar-refractivity contribution < 1.29 is 14.7 Å². The van der Waals surface area contributed by atoms with Gasteiger partial charge in [0.25, 0.3) is 11.8 Å². The van der Waals surface area contributed by atoms with Crippen molar-refractivity contribution in [3.8, 4) is 16.5 Å². The van der Waals surface area contributed by atoms with Gasteiger partial charge in [0.15, 0.2) is 5.76 Å². The van der Waals surface area contributed by atoms with E-state index in [9.17, 15) is 14.7 Å². The van der Waals surface area contributed by atoms with E-state index < -0.39 is 23.6 Å². The van der Waals surface area contributed by atoms with Gasteiger partial charge in [0.1, 0.15) is 12.2 Å². The molecule has 3 aromatic rings. The van der Waals surface area contributed by atoms with Crippen molar-refractivity contribution in [2.75, 3.05) is 11.4 Å². The molecule has 1 aliphatic rings. The summed E-state index contributed by atoms with van der Waals surface area (Å²) in [6.45, 7) is 1.88. The summed E-state index contributed by atoms with van der Waals surface area (Å²) in [5.41, 5.74) is 2.16. The summed E-state index contributed by atoms with van der Waals surface area (Å²) in [4.78, 5) is 33.1. The number of hydrogen-bond acceptors (Lipinski definition) is 6. The molecule has 1 unspecified atom stereocenters. The molecule has 1 aliphatic heterocycles. The average Bonchev–Trinajstić information content (AvgIpc) is 3.35. The fraction of sp³-hybridized carbons (Fsp3) is 0.130. The maximum Gasteiger partial charge on any atom is 0.293 e. The number of thiophene rings is 1. The Bertz CT molecular complexity index is 1220. The number of nitrogens with one attached hydrogen (secondary N) is 1. The van der Waals surface area contributed by atoms with Gasteiger partial charge in [0.2, 0.25) is 0 Å². The Balaban J connectivity index is 1.70. The molecule has 0 spiro atoms. The number of aryl methyl sites for hydroxylation is 1. The van der Waals surface area contributed by atoms with Crippen LogP contribution in [0.5, 0.6) is 0 Å². The van der Waals surface area contributed by atoms with Gasteiger partial charge >= 0.3 is 0 Å². The second-order valence-electron chi connectivity index (χ2n) is 6.91. The predicted octanol–water partition coefficient (Wildman–Crippen LogP) is 3.90. The van der Waals surface area contributed by atoms with Crippen LogP contribution in [-0.4, -0.2) is 28.4 Å². The molecule has 0 bridgehead atoms. The molecule has 0 saturated carbocycles. The maximum atomic E-state index is 12.7. The van der Waals surface area contributed by atoms with Gasteiger partial charge in [-0.2, -0.15) is 5.26 Å². The molecular formula is C23H18N4O3S. The summed E-state index contributed by atoms with van der Waals surface area (Å²) >= 11 is 1.68. The Hall–Kier alpha value is -3.96. The van der Waals surface area contributed by atoms with Crippen LogP contribution in [0.15, 0.2) is 66.6 Å². The number of aliphatic hydroxyl groups is 1. The smallest absolute Gasteiger partial charge is 0.293 e. The summed E-state index contributed by atoms with van der Waals surface area (Å²) in [5.74, 6) is -1.47. The molecule has 2 amide bonds. The van der Waals surface area contributed by atoms with Crippen molar-refractivity contribution in [3.63, 3.8) is 0 Å². The molecular weight excluding hydrogens is 412 g/mol. The fourth-order valence-electron chi connectivity index (χ4n) is 3.48. The van der Waals surface area contributed by atoms with Crippen molar-refractivity contribution in [1.29, 1.82) is 5.26 Å². The molecule has 2 aromatic heterocycles. The molecule has 0 saturated heterocycles. The lowest BCUT2D eigenvalue weighted by Gasteiger charge is -2.26. The Morgan fingerprint density at radius 3 is 2.71 bits per heavy atom. The molecule has 0 fully saturated rings. The van der Waals surface area contributed by atoms with Gasteiger partial charge in [-0.1, -0.05) is 18.2 Å². The van der Waals surface area contributed by atoms with E-state index >= 15 is 0 Å². The van der Waals surface area contributed by atoms with E-state index in [0.29, 0.717) is 11.3 Å². The first-order chi connectivity index (χ1) is 15.0. The molecule has 154 valence electrons. The van der Waals surface area contributed by atoms with Crippen LogP contribution < -0.4 is 10.2 Å². The van der Waals surface area contributed by atoms with Crippen LogP contribution in [0.25, 0.3) is 10.4 Å². The van der Waals surface area contributed by atoms with Crippen molar-refractivity contribution in [2.45, 2.75) is 13.0 Å². The number of carbonyl (C=O) groups excluding carboxylic acids is 2. The van der Waals surface area contributed by atoms with Crippen molar-refractivity contribution >= 4 is 28.8 Å². The molecule has 31 heavy (non-hydrogen) atoms. The third kappa shape index (κ3) is 3.91. The molecule has 0 aliphatic carbocycles. The zero-order valence-corrected chi connectivity index (χ0v) is 17.4. The summed E-state index contributed by atoms with van der Waals surface area (Å²) in [5, 5.41) is 21.4. The van der Waals surface area contributed by atoms with E-state index in [-0.39, 0.29) is 12.2 Å². The highest BCUT2D eigenvalue weighted by Crippen LogP contribution is 2.37. The maximum absolute atomic E-state index is 12.7. The van der Waals surface area contributed by atoms with E-state index in [1.54, 1.807) is 23.5 Å². The predicted molar refractivity (Wildman–Crippen MR) is 118 cm³/mol. The van der Waals surface area contributed by atoms with Crippen LogP contribution in [0.1, 0.15) is 27.0 Å². The number of amides is 2. The van der Waals surface area contributed by atoms with E-state index in [0.717, 1.165) is 10.4 Å². The fourth-order valence-corrected chi connectivity index (χ4v) is 4.35. The van der Waals surface area contributed by atoms with Crippen molar-refractivity contribution in [3.05, 3.63) is 82.7 Å². The van der Waals surface area contributed by atoms with Gasteiger partial charge in [-0.15, -0.1) is 11.3 Å². The number of rotatable bonds is 5. The molecule has 1 aromatic carbocycles. The second kappa shape index (κ2) is 8.42. The van der Waals surface area contributed by atoms with E-state index in [2.05, 4.69) is 16.4 Å². The number of carbonyl (C=O) groups is 2. The van der Waals surface area contributed by atoms with Gasteiger partial charge in [0, 0.05) is 27.2 Å². The van der Waals surface area contributed by atoms with Crippen LogP contribution >= 0.6 is 11.3 Å². The lowest BCUT2D eigenvalue weighted by molar-refractivity contribution is -0.117. The number of aromatic nitrogens is 1. The summed E-state index contributed by atoms with van der Waals surface area (Å²) in [7, 11) is 0. The number of hydrogen-bond donors (Lipinski definition) is 2. The van der Waals surface area contributed by atoms with Crippen LogP contribution in [0, 0.1) is 18.3 Å². The average molecular weight is 430 g/mol. The highest BCUT2D eigenvalue weighted by atomic mass is 32.1. The molecule has 0 radical (unpaired) electrons. The minimum atomic E-state index is -0.709. The molecule has 1 atom stereocenters. The zero-order valence-electron chi connectivity index (χ0n) is 16.6. The monoisotopic (exact) mass is 430 g/mol. The Morgan fingerprint density at radius 2 is 2.03 bits per heavy atom. The number of nitrogens with zero attached hydrogens (tertiary/aromatic N) is 3. The number of anilines is 1. The number of aliphatic hydroxyl groups excluding tert-OH is 1. The summed E-state index contributed by atoms with van der Waals surface area (Å²) < 4.78 is 0. The minimum absolute atomic E-state index is 0.0946. The highest BCUT2D eigenvalue weighted by molar-refractivity contribution is 7.15. The van der Waals surface area contributed by atoms with E-state index in [1.165, 1.54) is 22.0 Å². The third-order valence-electron chi connectivity index (χ3n) is 4.90.